The van der Waals surface area contributed by atoms with Crippen LogP contribution >= 0.6 is 11.6 Å². The van der Waals surface area contributed by atoms with E-state index in [0.29, 0.717) is 27.2 Å². The summed E-state index contributed by atoms with van der Waals surface area (Å²) in [6.07, 6.45) is -3.31. The van der Waals surface area contributed by atoms with E-state index in [-0.39, 0.29) is 24.5 Å². The van der Waals surface area contributed by atoms with Crippen LogP contribution in [-0.4, -0.2) is 40.1 Å². The fourth-order valence-corrected chi connectivity index (χ4v) is 4.61. The number of nitrogens with zero attached hydrogens (tertiary/aromatic N) is 2. The van der Waals surface area contributed by atoms with E-state index in [2.05, 4.69) is 0 Å². The zero-order valence-corrected chi connectivity index (χ0v) is 18.7. The lowest BCUT2D eigenvalue weighted by Crippen LogP contribution is -2.62. The SMILES string of the molecule is O=C(O)NN(C(=O)O)C1(c2ccc3c(c2)OCO3)C(=O)N(Cc2ccc(Cl)cc2)c2ccccc21. The molecule has 0 aromatic heterocycles. The van der Waals surface area contributed by atoms with Crippen molar-refractivity contribution in [3.8, 4) is 11.5 Å². The van der Waals surface area contributed by atoms with Gasteiger partial charge in [0.2, 0.25) is 6.79 Å². The molecule has 3 aromatic carbocycles. The number of halogens is 1. The quantitative estimate of drug-likeness (QED) is 0.466. The summed E-state index contributed by atoms with van der Waals surface area (Å²) in [5.41, 5.74) is 1.48. The van der Waals surface area contributed by atoms with Crippen LogP contribution in [0.4, 0.5) is 15.3 Å². The minimum Gasteiger partial charge on any atom is -0.464 e. The molecule has 10 nitrogen and oxygen atoms in total. The van der Waals surface area contributed by atoms with Crippen molar-refractivity contribution in [2.24, 2.45) is 0 Å². The second-order valence-corrected chi connectivity index (χ2v) is 8.28. The van der Waals surface area contributed by atoms with Crippen molar-refractivity contribution in [1.82, 2.24) is 10.4 Å². The summed E-state index contributed by atoms with van der Waals surface area (Å²) >= 11 is 6.00. The van der Waals surface area contributed by atoms with Crippen LogP contribution in [0.15, 0.2) is 66.7 Å². The lowest BCUT2D eigenvalue weighted by Gasteiger charge is -2.37. The smallest absolute Gasteiger partial charge is 0.428 e. The number of anilines is 1. The second-order valence-electron chi connectivity index (χ2n) is 7.85. The Kier molecular flexibility index (Phi) is 5.37. The Morgan fingerprint density at radius 1 is 1.03 bits per heavy atom. The zero-order chi connectivity index (χ0) is 24.7. The molecule has 0 saturated heterocycles. The van der Waals surface area contributed by atoms with E-state index in [0.717, 1.165) is 5.56 Å². The zero-order valence-electron chi connectivity index (χ0n) is 18.0. The van der Waals surface area contributed by atoms with Crippen LogP contribution in [0.3, 0.4) is 0 Å². The van der Waals surface area contributed by atoms with Gasteiger partial charge in [-0.3, -0.25) is 4.79 Å². The van der Waals surface area contributed by atoms with Gasteiger partial charge in [-0.15, -0.1) is 0 Å². The summed E-state index contributed by atoms with van der Waals surface area (Å²) < 4.78 is 10.8. The standard InChI is InChI=1S/C24H18ClN3O7/c25-16-8-5-14(6-9-16)12-27-18-4-2-1-3-17(18)24(21(27)29,28(23(32)33)26-22(30)31)15-7-10-19-20(11-15)35-13-34-19/h1-11,26H,12-13H2,(H,30,31)(H,32,33). The molecule has 11 heteroatoms. The van der Waals surface area contributed by atoms with Crippen LogP contribution in [-0.2, 0) is 16.9 Å². The molecular weight excluding hydrogens is 478 g/mol. The first-order valence-corrected chi connectivity index (χ1v) is 10.8. The number of para-hydroxylation sites is 1. The highest BCUT2D eigenvalue weighted by Crippen LogP contribution is 2.50. The van der Waals surface area contributed by atoms with E-state index in [9.17, 15) is 24.6 Å². The number of carbonyl (C=O) groups excluding carboxylic acids is 1. The van der Waals surface area contributed by atoms with Crippen LogP contribution in [0.25, 0.3) is 0 Å². The first kappa shape index (κ1) is 22.4. The number of carboxylic acid groups (broad SMARTS) is 2. The lowest BCUT2D eigenvalue weighted by molar-refractivity contribution is -0.128. The van der Waals surface area contributed by atoms with Crippen molar-refractivity contribution in [2.75, 3.05) is 11.7 Å². The Balaban J connectivity index is 1.74. The maximum Gasteiger partial charge on any atom is 0.428 e. The first-order chi connectivity index (χ1) is 16.8. The highest BCUT2D eigenvalue weighted by atomic mass is 35.5. The third-order valence-electron chi connectivity index (χ3n) is 5.92. The molecule has 178 valence electrons. The number of benzene rings is 3. The Morgan fingerprint density at radius 2 is 1.74 bits per heavy atom. The van der Waals surface area contributed by atoms with Crippen LogP contribution in [0.1, 0.15) is 16.7 Å². The van der Waals surface area contributed by atoms with Gasteiger partial charge in [0, 0.05) is 10.6 Å². The molecule has 0 saturated carbocycles. The molecule has 1 unspecified atom stereocenters. The number of rotatable bonds is 4. The Morgan fingerprint density at radius 3 is 2.46 bits per heavy atom. The topological polar surface area (TPSA) is 129 Å². The van der Waals surface area contributed by atoms with Crippen LogP contribution in [0.5, 0.6) is 11.5 Å². The van der Waals surface area contributed by atoms with Crippen molar-refractivity contribution in [2.45, 2.75) is 12.1 Å². The summed E-state index contributed by atoms with van der Waals surface area (Å²) in [5.74, 6) is 0.0707. The van der Waals surface area contributed by atoms with Gasteiger partial charge in [-0.05, 0) is 41.5 Å². The Labute approximate surface area is 203 Å². The summed E-state index contributed by atoms with van der Waals surface area (Å²) in [7, 11) is 0. The normalized spacial score (nSPS) is 17.7. The van der Waals surface area contributed by atoms with E-state index < -0.39 is 23.6 Å². The maximum atomic E-state index is 14.3. The molecule has 35 heavy (non-hydrogen) atoms. The highest BCUT2D eigenvalue weighted by Gasteiger charge is 2.59. The summed E-state index contributed by atoms with van der Waals surface area (Å²) in [4.78, 5) is 39.8. The number of hydrogen-bond donors (Lipinski definition) is 3. The van der Waals surface area contributed by atoms with E-state index in [1.54, 1.807) is 54.6 Å². The number of ether oxygens (including phenoxy) is 2. The number of carbonyl (C=O) groups is 3. The molecule has 0 bridgehead atoms. The minimum atomic E-state index is -2.08. The molecule has 3 aromatic rings. The molecule has 3 N–H and O–H groups in total. The summed E-state index contributed by atoms with van der Waals surface area (Å²) in [6.45, 7) is 0.0644. The average Bonchev–Trinajstić information content (AvgIpc) is 3.40. The predicted octanol–water partition coefficient (Wildman–Crippen LogP) is 4.02. The van der Waals surface area contributed by atoms with Gasteiger partial charge in [0.15, 0.2) is 17.0 Å². The molecular formula is C24H18ClN3O7. The second kappa shape index (κ2) is 8.41. The molecule has 2 heterocycles. The van der Waals surface area contributed by atoms with Crippen LogP contribution in [0.2, 0.25) is 5.02 Å². The number of nitrogens with one attached hydrogen (secondary N) is 1. The fraction of sp³-hybridized carbons (Fsp3) is 0.125. The van der Waals surface area contributed by atoms with Gasteiger partial charge in [0.25, 0.3) is 5.91 Å². The van der Waals surface area contributed by atoms with Gasteiger partial charge < -0.3 is 24.6 Å². The Bertz CT molecular complexity index is 1350. The van der Waals surface area contributed by atoms with Gasteiger partial charge in [0.05, 0.1) is 12.2 Å². The van der Waals surface area contributed by atoms with Crippen LogP contribution in [0, 0.1) is 0 Å². The lowest BCUT2D eigenvalue weighted by atomic mass is 9.83. The van der Waals surface area contributed by atoms with E-state index >= 15 is 0 Å². The van der Waals surface area contributed by atoms with Gasteiger partial charge in [-0.2, -0.15) is 5.01 Å². The van der Waals surface area contributed by atoms with Crippen molar-refractivity contribution in [3.05, 3.63) is 88.4 Å². The van der Waals surface area contributed by atoms with Crippen molar-refractivity contribution in [3.63, 3.8) is 0 Å². The fourth-order valence-electron chi connectivity index (χ4n) is 4.48. The maximum absolute atomic E-state index is 14.3. The Hall–Kier alpha value is -4.44. The summed E-state index contributed by atoms with van der Waals surface area (Å²) in [5, 5.41) is 20.5. The molecule has 2 aliphatic rings. The molecule has 1 atom stereocenters. The third kappa shape index (κ3) is 3.55. The molecule has 0 radical (unpaired) electrons. The highest BCUT2D eigenvalue weighted by molar-refractivity contribution is 6.30. The number of hydrogen-bond acceptors (Lipinski definition) is 5. The van der Waals surface area contributed by atoms with Crippen LogP contribution < -0.4 is 19.8 Å². The molecule has 3 amide bonds. The van der Waals surface area contributed by atoms with Crippen molar-refractivity contribution in [1.29, 1.82) is 0 Å². The first-order valence-electron chi connectivity index (χ1n) is 10.4. The average molecular weight is 496 g/mol. The third-order valence-corrected chi connectivity index (χ3v) is 6.17. The van der Waals surface area contributed by atoms with Gasteiger partial charge in [-0.25, -0.2) is 15.0 Å². The van der Waals surface area contributed by atoms with Gasteiger partial charge in [0.1, 0.15) is 0 Å². The largest absolute Gasteiger partial charge is 0.464 e. The molecule has 5 rings (SSSR count). The van der Waals surface area contributed by atoms with Crippen molar-refractivity contribution < 1.29 is 34.1 Å². The molecule has 0 spiro atoms. The van der Waals surface area contributed by atoms with Crippen molar-refractivity contribution >= 4 is 35.4 Å². The van der Waals surface area contributed by atoms with Gasteiger partial charge >= 0.3 is 12.2 Å². The monoisotopic (exact) mass is 495 g/mol. The summed E-state index contributed by atoms with van der Waals surface area (Å²) in [6, 6.07) is 18.1. The molecule has 2 aliphatic heterocycles. The van der Waals surface area contributed by atoms with E-state index in [1.165, 1.54) is 17.0 Å². The molecule has 0 fully saturated rings. The number of amides is 3. The number of fused-ring (bicyclic) bond motifs is 2. The molecule has 0 aliphatic carbocycles. The predicted molar refractivity (Wildman–Crippen MR) is 123 cm³/mol. The van der Waals surface area contributed by atoms with E-state index in [4.69, 9.17) is 21.1 Å². The van der Waals surface area contributed by atoms with Gasteiger partial charge in [-0.1, -0.05) is 48.0 Å². The van der Waals surface area contributed by atoms with E-state index in [1.807, 2.05) is 5.43 Å². The number of hydrazine groups is 1. The minimum absolute atomic E-state index is 0.0327.